The molecule has 1 aliphatic rings. The fourth-order valence-electron chi connectivity index (χ4n) is 4.19. The number of benzene rings is 1. The molecule has 1 saturated heterocycles. The number of amides is 1. The number of carboxylic acids is 1. The van der Waals surface area contributed by atoms with Crippen molar-refractivity contribution in [3.63, 3.8) is 0 Å². The molecule has 0 radical (unpaired) electrons. The fourth-order valence-corrected chi connectivity index (χ4v) is 5.43. The maximum atomic E-state index is 13.5. The van der Waals surface area contributed by atoms with E-state index in [0.29, 0.717) is 16.0 Å². The summed E-state index contributed by atoms with van der Waals surface area (Å²) in [5, 5.41) is 8.57. The number of alkyl halides is 3. The Labute approximate surface area is 218 Å². The van der Waals surface area contributed by atoms with E-state index in [4.69, 9.17) is 14.6 Å². The van der Waals surface area contributed by atoms with Crippen LogP contribution in [0.4, 0.5) is 13.2 Å². The summed E-state index contributed by atoms with van der Waals surface area (Å²) >= 11 is 1.37. The fraction of sp³-hybridized carbons (Fsp3) is 0.308. The molecule has 8 nitrogen and oxygen atoms in total. The molecule has 4 heterocycles. The number of fused-ring (bicyclic) bond motifs is 3. The average Bonchev–Trinajstić information content (AvgIpc) is 3.31. The van der Waals surface area contributed by atoms with Crippen molar-refractivity contribution < 1.29 is 32.6 Å². The van der Waals surface area contributed by atoms with Gasteiger partial charge in [-0.15, -0.1) is 11.3 Å². The number of aryl methyl sites for hydroxylation is 1. The molecular weight excluding hydrogens is 523 g/mol. The van der Waals surface area contributed by atoms with Gasteiger partial charge in [-0.2, -0.15) is 13.2 Å². The second kappa shape index (κ2) is 11.2. The summed E-state index contributed by atoms with van der Waals surface area (Å²) in [6, 6.07) is 11.5. The summed E-state index contributed by atoms with van der Waals surface area (Å²) in [5.74, 6) is -2.40. The second-order valence-corrected chi connectivity index (χ2v) is 9.67. The lowest BCUT2D eigenvalue weighted by molar-refractivity contribution is -0.192. The third kappa shape index (κ3) is 5.64. The van der Waals surface area contributed by atoms with Crippen LogP contribution in [0, 0.1) is 0 Å². The van der Waals surface area contributed by atoms with Crippen molar-refractivity contribution in [1.82, 2.24) is 14.5 Å². The zero-order valence-corrected chi connectivity index (χ0v) is 21.1. The summed E-state index contributed by atoms with van der Waals surface area (Å²) in [7, 11) is 1.76. The topological polar surface area (TPSA) is 102 Å². The van der Waals surface area contributed by atoms with Crippen LogP contribution in [0.5, 0.6) is 5.75 Å². The molecule has 200 valence electrons. The molecule has 0 bridgehead atoms. The Morgan fingerprint density at radius 2 is 1.71 bits per heavy atom. The van der Waals surface area contributed by atoms with Gasteiger partial charge in [0.15, 0.2) is 5.75 Å². The van der Waals surface area contributed by atoms with Crippen molar-refractivity contribution in [1.29, 1.82) is 0 Å². The number of aromatic nitrogens is 2. The molecule has 12 heteroatoms. The van der Waals surface area contributed by atoms with Crippen molar-refractivity contribution in [3.05, 3.63) is 69.6 Å². The number of likely N-dealkylation sites (tertiary alicyclic amines) is 1. The first-order valence-electron chi connectivity index (χ1n) is 11.7. The SMILES string of the molecule is Cn1c(=O)c2c(OCc3ccncc3)c(C(=O)N3CCCCC3)sc2c2ccccc21.O=C(O)C(F)(F)F. The maximum Gasteiger partial charge on any atom is 0.490 e. The maximum absolute atomic E-state index is 13.5. The van der Waals surface area contributed by atoms with Crippen molar-refractivity contribution in [2.75, 3.05) is 13.1 Å². The number of para-hydroxylation sites is 1. The molecule has 1 amide bonds. The van der Waals surface area contributed by atoms with Crippen molar-refractivity contribution >= 4 is 44.2 Å². The molecule has 1 aromatic carbocycles. The standard InChI is InChI=1S/C24H23N3O3S.C2HF3O2/c1-26-18-8-4-3-7-17(18)21-19(23(26)28)20(30-15-16-9-11-25-12-10-16)22(31-21)24(29)27-13-5-2-6-14-27;3-2(4,5)1(6)7/h3-4,7-12H,2,5-6,13-15H2,1H3;(H,6,7). The summed E-state index contributed by atoms with van der Waals surface area (Å²) in [6.07, 6.45) is 1.49. The summed E-state index contributed by atoms with van der Waals surface area (Å²) in [4.78, 5) is 42.2. The molecule has 1 aliphatic heterocycles. The monoisotopic (exact) mass is 547 g/mol. The van der Waals surface area contributed by atoms with Gasteiger partial charge >= 0.3 is 12.1 Å². The number of carbonyl (C=O) groups excluding carboxylic acids is 1. The van der Waals surface area contributed by atoms with Gasteiger partial charge in [-0.05, 0) is 43.0 Å². The van der Waals surface area contributed by atoms with E-state index in [1.54, 1.807) is 24.0 Å². The van der Waals surface area contributed by atoms with Gasteiger partial charge in [0, 0.05) is 37.9 Å². The third-order valence-corrected chi connectivity index (χ3v) is 7.30. The van der Waals surface area contributed by atoms with E-state index < -0.39 is 12.1 Å². The predicted octanol–water partition coefficient (Wildman–Crippen LogP) is 4.99. The van der Waals surface area contributed by atoms with E-state index in [1.165, 1.54) is 11.3 Å². The molecule has 0 unspecified atom stereocenters. The Bertz CT molecular complexity index is 1530. The average molecular weight is 548 g/mol. The first-order valence-corrected chi connectivity index (χ1v) is 12.6. The highest BCUT2D eigenvalue weighted by atomic mass is 32.1. The first kappa shape index (κ1) is 27.1. The molecule has 0 spiro atoms. The number of aliphatic carboxylic acids is 1. The highest BCUT2D eigenvalue weighted by molar-refractivity contribution is 7.22. The lowest BCUT2D eigenvalue weighted by Gasteiger charge is -2.26. The molecule has 3 aromatic heterocycles. The Morgan fingerprint density at radius 3 is 2.34 bits per heavy atom. The van der Waals surface area contributed by atoms with Crippen LogP contribution >= 0.6 is 11.3 Å². The van der Waals surface area contributed by atoms with E-state index in [-0.39, 0.29) is 18.1 Å². The highest BCUT2D eigenvalue weighted by Gasteiger charge is 2.38. The number of hydrogen-bond acceptors (Lipinski definition) is 6. The number of thiophene rings is 1. The van der Waals surface area contributed by atoms with Gasteiger partial charge in [0.25, 0.3) is 11.5 Å². The van der Waals surface area contributed by atoms with E-state index in [0.717, 1.165) is 53.5 Å². The molecule has 0 atom stereocenters. The van der Waals surface area contributed by atoms with Crippen LogP contribution in [-0.4, -0.2) is 50.7 Å². The van der Waals surface area contributed by atoms with Crippen molar-refractivity contribution in [2.45, 2.75) is 32.0 Å². The van der Waals surface area contributed by atoms with Gasteiger partial charge in [-0.1, -0.05) is 18.2 Å². The smallest absolute Gasteiger partial charge is 0.486 e. The predicted molar refractivity (Wildman–Crippen MR) is 137 cm³/mol. The summed E-state index contributed by atoms with van der Waals surface area (Å²) in [6.45, 7) is 1.76. The Hall–Kier alpha value is -3.93. The van der Waals surface area contributed by atoms with Crippen LogP contribution in [0.3, 0.4) is 0 Å². The van der Waals surface area contributed by atoms with Gasteiger partial charge in [0.2, 0.25) is 0 Å². The Balaban J connectivity index is 0.000000426. The number of carbonyl (C=O) groups is 2. The third-order valence-electron chi connectivity index (χ3n) is 6.11. The number of ether oxygens (including phenoxy) is 1. The van der Waals surface area contributed by atoms with Crippen LogP contribution in [0.25, 0.3) is 21.0 Å². The number of rotatable bonds is 4. The zero-order valence-electron chi connectivity index (χ0n) is 20.3. The minimum atomic E-state index is -5.08. The number of hydrogen-bond donors (Lipinski definition) is 1. The minimum Gasteiger partial charge on any atom is -0.486 e. The number of carboxylic acid groups (broad SMARTS) is 1. The molecule has 38 heavy (non-hydrogen) atoms. The van der Waals surface area contributed by atoms with Gasteiger partial charge in [-0.25, -0.2) is 4.79 Å². The number of halogens is 3. The van der Waals surface area contributed by atoms with Crippen LogP contribution in [-0.2, 0) is 18.4 Å². The lowest BCUT2D eigenvalue weighted by atomic mass is 10.1. The number of nitrogens with zero attached hydrogens (tertiary/aromatic N) is 3. The van der Waals surface area contributed by atoms with Gasteiger partial charge in [-0.3, -0.25) is 14.6 Å². The van der Waals surface area contributed by atoms with Crippen LogP contribution in [0.15, 0.2) is 53.6 Å². The van der Waals surface area contributed by atoms with E-state index in [1.807, 2.05) is 41.3 Å². The normalized spacial score (nSPS) is 13.7. The van der Waals surface area contributed by atoms with Crippen molar-refractivity contribution in [2.24, 2.45) is 7.05 Å². The van der Waals surface area contributed by atoms with Gasteiger partial charge in [0.1, 0.15) is 16.9 Å². The number of piperidine rings is 1. The lowest BCUT2D eigenvalue weighted by Crippen LogP contribution is -2.35. The van der Waals surface area contributed by atoms with Crippen LogP contribution < -0.4 is 10.3 Å². The molecular formula is C26H24F3N3O5S. The largest absolute Gasteiger partial charge is 0.490 e. The summed E-state index contributed by atoms with van der Waals surface area (Å²) in [5.41, 5.74) is 1.63. The molecule has 0 saturated carbocycles. The van der Waals surface area contributed by atoms with Crippen molar-refractivity contribution in [3.8, 4) is 5.75 Å². The molecule has 1 fully saturated rings. The molecule has 0 aliphatic carbocycles. The minimum absolute atomic E-state index is 0.0447. The molecule has 4 aromatic rings. The highest BCUT2D eigenvalue weighted by Crippen LogP contribution is 2.40. The van der Waals surface area contributed by atoms with Crippen LogP contribution in [0.2, 0.25) is 0 Å². The summed E-state index contributed by atoms with van der Waals surface area (Å²) < 4.78 is 40.4. The van der Waals surface area contributed by atoms with Gasteiger partial charge < -0.3 is 19.3 Å². The molecule has 1 N–H and O–H groups in total. The first-order chi connectivity index (χ1) is 18.1. The van der Waals surface area contributed by atoms with Gasteiger partial charge in [0.05, 0.1) is 10.2 Å². The Kier molecular flexibility index (Phi) is 8.00. The number of pyridine rings is 2. The van der Waals surface area contributed by atoms with E-state index in [2.05, 4.69) is 4.98 Å². The Morgan fingerprint density at radius 1 is 1.08 bits per heavy atom. The van der Waals surface area contributed by atoms with E-state index >= 15 is 0 Å². The van der Waals surface area contributed by atoms with E-state index in [9.17, 15) is 22.8 Å². The zero-order chi connectivity index (χ0) is 27.4. The molecule has 5 rings (SSSR count). The van der Waals surface area contributed by atoms with Crippen LogP contribution in [0.1, 0.15) is 34.5 Å². The quantitative estimate of drug-likeness (QED) is 0.387. The second-order valence-electron chi connectivity index (χ2n) is 8.65.